The van der Waals surface area contributed by atoms with Crippen molar-refractivity contribution < 1.29 is 4.79 Å². The number of thioether (sulfide) groups is 2. The first-order valence-electron chi connectivity index (χ1n) is 7.42. The minimum atomic E-state index is -0.234. The van der Waals surface area contributed by atoms with E-state index in [1.165, 1.54) is 0 Å². The highest BCUT2D eigenvalue weighted by molar-refractivity contribution is 8.13. The molecule has 0 saturated heterocycles. The first-order valence-corrected chi connectivity index (χ1v) is 9.23. The lowest BCUT2D eigenvalue weighted by atomic mass is 10.1. The van der Waals surface area contributed by atoms with E-state index in [9.17, 15) is 4.79 Å². The van der Waals surface area contributed by atoms with Crippen molar-refractivity contribution in [3.05, 3.63) is 11.8 Å². The largest absolute Gasteiger partial charge is 0.305 e. The van der Waals surface area contributed by atoms with Gasteiger partial charge in [0.25, 0.3) is 0 Å². The maximum atomic E-state index is 11.9. The molecule has 0 bridgehead atoms. The standard InChI is InChI=1S/C15H24N4OS2/c1-6-7-8-21-14-16-11(4)9-13(17-14)22-15(20)19-18-12(5)10(2)3/h9-10H,6-8H2,1-5H3,(H,19,20). The van der Waals surface area contributed by atoms with Crippen LogP contribution < -0.4 is 5.43 Å². The number of hydrogen-bond acceptors (Lipinski definition) is 6. The smallest absolute Gasteiger partial charge is 0.260 e. The predicted molar refractivity (Wildman–Crippen MR) is 94.7 cm³/mol. The zero-order valence-corrected chi connectivity index (χ0v) is 15.5. The number of unbranched alkanes of at least 4 members (excludes halogenated alkanes) is 1. The average Bonchev–Trinajstić information content (AvgIpc) is 2.44. The van der Waals surface area contributed by atoms with E-state index < -0.39 is 0 Å². The van der Waals surface area contributed by atoms with Crippen LogP contribution in [0.4, 0.5) is 4.79 Å². The summed E-state index contributed by atoms with van der Waals surface area (Å²) < 4.78 is 0. The molecular weight excluding hydrogens is 316 g/mol. The Labute approximate surface area is 141 Å². The Hall–Kier alpha value is -1.08. The Bertz CT molecular complexity index is 532. The molecule has 0 aromatic carbocycles. The first kappa shape index (κ1) is 19.0. The summed E-state index contributed by atoms with van der Waals surface area (Å²) in [7, 11) is 0. The second kappa shape index (κ2) is 9.84. The summed E-state index contributed by atoms with van der Waals surface area (Å²) in [4.78, 5) is 20.7. The normalized spacial score (nSPS) is 11.8. The fraction of sp³-hybridized carbons (Fsp3) is 0.600. The van der Waals surface area contributed by atoms with Gasteiger partial charge in [0.2, 0.25) is 0 Å². The molecule has 7 heteroatoms. The lowest BCUT2D eigenvalue weighted by Crippen LogP contribution is -2.16. The van der Waals surface area contributed by atoms with Gasteiger partial charge >= 0.3 is 5.24 Å². The molecular formula is C15H24N4OS2. The summed E-state index contributed by atoms with van der Waals surface area (Å²) >= 11 is 2.67. The summed E-state index contributed by atoms with van der Waals surface area (Å²) in [6.45, 7) is 10.0. The molecule has 1 aromatic heterocycles. The van der Waals surface area contributed by atoms with Gasteiger partial charge in [-0.2, -0.15) is 5.10 Å². The Kier molecular flexibility index (Phi) is 8.48. The molecule has 0 unspecified atom stereocenters. The highest BCUT2D eigenvalue weighted by Crippen LogP contribution is 2.22. The number of nitrogens with one attached hydrogen (secondary N) is 1. The Morgan fingerprint density at radius 2 is 2.14 bits per heavy atom. The van der Waals surface area contributed by atoms with Crippen molar-refractivity contribution in [2.45, 2.75) is 57.6 Å². The molecule has 0 radical (unpaired) electrons. The minimum absolute atomic E-state index is 0.234. The van der Waals surface area contributed by atoms with E-state index in [4.69, 9.17) is 0 Å². The second-order valence-electron chi connectivity index (χ2n) is 5.24. The van der Waals surface area contributed by atoms with E-state index in [1.54, 1.807) is 11.8 Å². The molecule has 1 aromatic rings. The molecule has 1 rings (SSSR count). The lowest BCUT2D eigenvalue weighted by molar-refractivity contribution is 0.261. The average molecular weight is 341 g/mol. The van der Waals surface area contributed by atoms with Crippen molar-refractivity contribution in [3.8, 4) is 0 Å². The molecule has 0 aliphatic rings. The molecule has 0 spiro atoms. The van der Waals surface area contributed by atoms with Crippen LogP contribution in [0.2, 0.25) is 0 Å². The van der Waals surface area contributed by atoms with E-state index in [-0.39, 0.29) is 5.24 Å². The monoisotopic (exact) mass is 340 g/mol. The number of hydrazone groups is 1. The summed E-state index contributed by atoms with van der Waals surface area (Å²) in [5, 5.41) is 5.22. The van der Waals surface area contributed by atoms with E-state index in [2.05, 4.69) is 27.4 Å². The molecule has 1 heterocycles. The molecule has 0 atom stereocenters. The van der Waals surface area contributed by atoms with Crippen LogP contribution in [0.1, 0.15) is 46.2 Å². The van der Waals surface area contributed by atoms with Crippen LogP contribution >= 0.6 is 23.5 Å². The number of rotatable bonds is 7. The van der Waals surface area contributed by atoms with Crippen LogP contribution in [-0.4, -0.2) is 26.7 Å². The third-order valence-corrected chi connectivity index (χ3v) is 4.52. The number of aryl methyl sites for hydroxylation is 1. The van der Waals surface area contributed by atoms with Gasteiger partial charge in [-0.25, -0.2) is 15.4 Å². The van der Waals surface area contributed by atoms with Gasteiger partial charge in [0, 0.05) is 17.2 Å². The summed E-state index contributed by atoms with van der Waals surface area (Å²) in [5.41, 5.74) is 4.31. The third kappa shape index (κ3) is 7.26. The Morgan fingerprint density at radius 1 is 1.41 bits per heavy atom. The lowest BCUT2D eigenvalue weighted by Gasteiger charge is -2.06. The number of aromatic nitrogens is 2. The third-order valence-electron chi connectivity index (χ3n) is 2.90. The topological polar surface area (TPSA) is 67.2 Å². The van der Waals surface area contributed by atoms with Crippen molar-refractivity contribution in [2.24, 2.45) is 11.0 Å². The van der Waals surface area contributed by atoms with Crippen molar-refractivity contribution in [3.63, 3.8) is 0 Å². The number of amides is 1. The molecule has 5 nitrogen and oxygen atoms in total. The van der Waals surface area contributed by atoms with Crippen molar-refractivity contribution in [1.29, 1.82) is 0 Å². The van der Waals surface area contributed by atoms with Crippen LogP contribution in [0.15, 0.2) is 21.4 Å². The fourth-order valence-electron chi connectivity index (χ4n) is 1.32. The van der Waals surface area contributed by atoms with Crippen molar-refractivity contribution in [2.75, 3.05) is 5.75 Å². The molecule has 0 saturated carbocycles. The molecule has 122 valence electrons. The van der Waals surface area contributed by atoms with Gasteiger partial charge in [-0.15, -0.1) is 0 Å². The predicted octanol–water partition coefficient (Wildman–Crippen LogP) is 4.51. The molecule has 0 fully saturated rings. The summed E-state index contributed by atoms with van der Waals surface area (Å²) in [5.74, 6) is 1.31. The maximum Gasteiger partial charge on any atom is 0.305 e. The van der Waals surface area contributed by atoms with E-state index >= 15 is 0 Å². The highest BCUT2D eigenvalue weighted by atomic mass is 32.2. The Balaban J connectivity index is 2.64. The Morgan fingerprint density at radius 3 is 2.77 bits per heavy atom. The van der Waals surface area contributed by atoms with Crippen LogP contribution in [0.25, 0.3) is 0 Å². The fourth-order valence-corrected chi connectivity index (χ4v) is 3.01. The van der Waals surface area contributed by atoms with E-state index in [0.717, 1.165) is 46.9 Å². The number of hydrogen-bond donors (Lipinski definition) is 1. The summed E-state index contributed by atoms with van der Waals surface area (Å²) in [6.07, 6.45) is 2.28. The van der Waals surface area contributed by atoms with Crippen LogP contribution in [0, 0.1) is 12.8 Å². The molecule has 0 aliphatic heterocycles. The van der Waals surface area contributed by atoms with Gasteiger partial charge in [-0.3, -0.25) is 4.79 Å². The summed E-state index contributed by atoms with van der Waals surface area (Å²) in [6, 6.07) is 1.81. The maximum absolute atomic E-state index is 11.9. The van der Waals surface area contributed by atoms with Gasteiger partial charge in [-0.1, -0.05) is 39.0 Å². The van der Waals surface area contributed by atoms with E-state index in [1.807, 2.05) is 33.8 Å². The van der Waals surface area contributed by atoms with Gasteiger partial charge < -0.3 is 0 Å². The van der Waals surface area contributed by atoms with Crippen LogP contribution in [0.5, 0.6) is 0 Å². The van der Waals surface area contributed by atoms with Crippen molar-refractivity contribution >= 4 is 34.5 Å². The molecule has 0 aliphatic carbocycles. The molecule has 1 amide bonds. The van der Waals surface area contributed by atoms with Crippen molar-refractivity contribution in [1.82, 2.24) is 15.4 Å². The second-order valence-corrected chi connectivity index (χ2v) is 7.30. The van der Waals surface area contributed by atoms with Gasteiger partial charge in [0.05, 0.1) is 0 Å². The van der Waals surface area contributed by atoms with Gasteiger partial charge in [0.1, 0.15) is 5.03 Å². The zero-order valence-electron chi connectivity index (χ0n) is 13.8. The van der Waals surface area contributed by atoms with Gasteiger partial charge in [-0.05, 0) is 44.0 Å². The van der Waals surface area contributed by atoms with Crippen LogP contribution in [-0.2, 0) is 0 Å². The minimum Gasteiger partial charge on any atom is -0.260 e. The molecule has 22 heavy (non-hydrogen) atoms. The quantitative estimate of drug-likeness (QED) is 0.197. The van der Waals surface area contributed by atoms with Gasteiger partial charge in [0.15, 0.2) is 5.16 Å². The first-order chi connectivity index (χ1) is 10.4. The van der Waals surface area contributed by atoms with Crippen LogP contribution in [0.3, 0.4) is 0 Å². The molecule has 1 N–H and O–H groups in total. The van der Waals surface area contributed by atoms with E-state index in [0.29, 0.717) is 10.9 Å². The highest BCUT2D eigenvalue weighted by Gasteiger charge is 2.09. The number of nitrogens with zero attached hydrogens (tertiary/aromatic N) is 3. The number of carbonyl (C=O) groups is 1. The number of carbonyl (C=O) groups excluding carboxylic acids is 1. The zero-order chi connectivity index (χ0) is 16.5. The SMILES string of the molecule is CCCCSc1nc(C)cc(SC(=O)NN=C(C)C(C)C)n1.